The van der Waals surface area contributed by atoms with Gasteiger partial charge in [0, 0.05) is 0 Å². The number of nitrogens with zero attached hydrogens (tertiary/aromatic N) is 1. The topological polar surface area (TPSA) is 66.8 Å². The normalized spacial score (nSPS) is 15.5. The third kappa shape index (κ3) is 3.30. The average Bonchev–Trinajstić information content (AvgIpc) is 2.54. The number of rotatable bonds is 3. The lowest BCUT2D eigenvalue weighted by molar-refractivity contribution is -0.132. The van der Waals surface area contributed by atoms with E-state index in [0.29, 0.717) is 21.5 Å². The summed E-state index contributed by atoms with van der Waals surface area (Å²) < 4.78 is 5.73. The molecular weight excluding hydrogens is 365 g/mol. The molecule has 1 heterocycles. The maximum Gasteiger partial charge on any atom is 0.335 e. The van der Waals surface area contributed by atoms with E-state index in [1.165, 1.54) is 12.1 Å². The van der Waals surface area contributed by atoms with Gasteiger partial charge < -0.3 is 14.7 Å². The van der Waals surface area contributed by atoms with Gasteiger partial charge in [-0.05, 0) is 49.7 Å². The number of carbonyl (C=O) groups excluding carboxylic acids is 1. The Bertz CT molecular complexity index is 879. The Morgan fingerprint density at radius 3 is 2.52 bits per heavy atom. The number of fused-ring (bicyclic) bond motifs is 1. The summed E-state index contributed by atoms with van der Waals surface area (Å²) >= 11 is 12.0. The zero-order chi connectivity index (χ0) is 18.4. The Labute approximate surface area is 154 Å². The number of ether oxygens (including phenoxy) is 1. The van der Waals surface area contributed by atoms with Crippen molar-refractivity contribution in [2.75, 3.05) is 4.90 Å². The molecule has 0 unspecified atom stereocenters. The van der Waals surface area contributed by atoms with Crippen LogP contribution in [-0.4, -0.2) is 22.6 Å². The number of halogens is 2. The molecule has 0 radical (unpaired) electrons. The summed E-state index contributed by atoms with van der Waals surface area (Å²) in [4.78, 5) is 25.6. The van der Waals surface area contributed by atoms with Crippen molar-refractivity contribution in [3.8, 4) is 5.75 Å². The summed E-state index contributed by atoms with van der Waals surface area (Å²) in [7, 11) is 0. The quantitative estimate of drug-likeness (QED) is 0.858. The molecule has 2 aromatic rings. The molecule has 1 aliphatic rings. The second kappa shape index (κ2) is 6.24. The van der Waals surface area contributed by atoms with Crippen LogP contribution in [0.25, 0.3) is 0 Å². The summed E-state index contributed by atoms with van der Waals surface area (Å²) in [5, 5.41) is 10.0. The van der Waals surface area contributed by atoms with Crippen molar-refractivity contribution < 1.29 is 19.4 Å². The number of hydrogen-bond acceptors (Lipinski definition) is 3. The summed E-state index contributed by atoms with van der Waals surface area (Å²) in [5.74, 6) is -0.934. The Hall–Kier alpha value is -2.24. The number of carboxylic acid groups (broad SMARTS) is 1. The number of hydrogen-bond donors (Lipinski definition) is 1. The van der Waals surface area contributed by atoms with Crippen LogP contribution >= 0.6 is 23.2 Å². The van der Waals surface area contributed by atoms with E-state index < -0.39 is 11.6 Å². The van der Waals surface area contributed by atoms with Gasteiger partial charge in [-0.3, -0.25) is 4.79 Å². The van der Waals surface area contributed by atoms with Gasteiger partial charge in [-0.1, -0.05) is 29.3 Å². The van der Waals surface area contributed by atoms with Crippen LogP contribution in [-0.2, 0) is 11.3 Å². The monoisotopic (exact) mass is 379 g/mol. The van der Waals surface area contributed by atoms with Crippen molar-refractivity contribution >= 4 is 40.8 Å². The van der Waals surface area contributed by atoms with Crippen molar-refractivity contribution in [3.63, 3.8) is 0 Å². The fraction of sp³-hybridized carbons (Fsp3) is 0.222. The lowest BCUT2D eigenvalue weighted by atomic mass is 10.0. The summed E-state index contributed by atoms with van der Waals surface area (Å²) in [6.07, 6.45) is 0. The second-order valence-electron chi connectivity index (χ2n) is 6.24. The fourth-order valence-electron chi connectivity index (χ4n) is 2.68. The molecule has 2 aromatic carbocycles. The lowest BCUT2D eigenvalue weighted by Gasteiger charge is -2.39. The molecular formula is C18H15Cl2NO4. The third-order valence-corrected chi connectivity index (χ3v) is 4.69. The first-order chi connectivity index (χ1) is 11.7. The molecule has 0 aromatic heterocycles. The van der Waals surface area contributed by atoms with Gasteiger partial charge in [0.2, 0.25) is 0 Å². The fourth-order valence-corrected chi connectivity index (χ4v) is 3.00. The van der Waals surface area contributed by atoms with Gasteiger partial charge in [-0.2, -0.15) is 0 Å². The summed E-state index contributed by atoms with van der Waals surface area (Å²) in [5.41, 5.74) is 0.299. The van der Waals surface area contributed by atoms with Crippen molar-refractivity contribution in [1.82, 2.24) is 0 Å². The molecule has 0 aliphatic carbocycles. The first kappa shape index (κ1) is 17.6. The van der Waals surface area contributed by atoms with E-state index in [0.717, 1.165) is 5.56 Å². The molecule has 130 valence electrons. The largest absolute Gasteiger partial charge is 0.478 e. The molecule has 7 heteroatoms. The van der Waals surface area contributed by atoms with E-state index in [1.807, 2.05) is 0 Å². The Balaban J connectivity index is 2.04. The molecule has 0 saturated carbocycles. The minimum absolute atomic E-state index is 0.0957. The molecule has 25 heavy (non-hydrogen) atoms. The molecule has 1 N–H and O–H groups in total. The van der Waals surface area contributed by atoms with Crippen molar-refractivity contribution in [1.29, 1.82) is 0 Å². The maximum absolute atomic E-state index is 12.8. The van der Waals surface area contributed by atoms with Crippen LogP contribution in [0.15, 0.2) is 36.4 Å². The first-order valence-corrected chi connectivity index (χ1v) is 8.27. The van der Waals surface area contributed by atoms with Crippen LogP contribution in [0.1, 0.15) is 29.8 Å². The van der Waals surface area contributed by atoms with Crippen LogP contribution in [0.5, 0.6) is 5.75 Å². The lowest BCUT2D eigenvalue weighted by Crippen LogP contribution is -2.52. The zero-order valence-electron chi connectivity index (χ0n) is 13.5. The highest BCUT2D eigenvalue weighted by Gasteiger charge is 2.41. The summed E-state index contributed by atoms with van der Waals surface area (Å²) in [6.45, 7) is 3.56. The molecule has 0 fully saturated rings. The van der Waals surface area contributed by atoms with Gasteiger partial charge in [-0.15, -0.1) is 0 Å². The van der Waals surface area contributed by atoms with Crippen molar-refractivity contribution in [3.05, 3.63) is 57.6 Å². The number of carbonyl (C=O) groups is 2. The van der Waals surface area contributed by atoms with Crippen LogP contribution in [0.4, 0.5) is 5.69 Å². The van der Waals surface area contributed by atoms with E-state index in [1.54, 1.807) is 43.0 Å². The van der Waals surface area contributed by atoms with Gasteiger partial charge in [0.15, 0.2) is 5.60 Å². The molecule has 0 atom stereocenters. The number of benzene rings is 2. The number of amides is 1. The van der Waals surface area contributed by atoms with E-state index in [-0.39, 0.29) is 18.0 Å². The number of aromatic carboxylic acids is 1. The molecule has 0 bridgehead atoms. The number of anilines is 1. The molecule has 3 rings (SSSR count). The predicted molar refractivity (Wildman–Crippen MR) is 95.8 cm³/mol. The first-order valence-electron chi connectivity index (χ1n) is 7.51. The van der Waals surface area contributed by atoms with Crippen molar-refractivity contribution in [2.24, 2.45) is 0 Å². The summed E-state index contributed by atoms with van der Waals surface area (Å²) in [6, 6.07) is 9.60. The standard InChI is InChI=1S/C18H15Cl2NO4/c1-18(2)17(24)21(9-10-3-5-12(19)13(20)7-10)14-6-4-11(16(22)23)8-15(14)25-18/h3-8H,9H2,1-2H3,(H,22,23). The SMILES string of the molecule is CC1(C)Oc2cc(C(=O)O)ccc2N(Cc2ccc(Cl)c(Cl)c2)C1=O. The zero-order valence-corrected chi connectivity index (χ0v) is 15.1. The van der Waals surface area contributed by atoms with Gasteiger partial charge in [0.1, 0.15) is 5.75 Å². The van der Waals surface area contributed by atoms with Gasteiger partial charge in [-0.25, -0.2) is 4.79 Å². The second-order valence-corrected chi connectivity index (χ2v) is 7.05. The van der Waals surface area contributed by atoms with E-state index in [4.69, 9.17) is 33.0 Å². The smallest absolute Gasteiger partial charge is 0.335 e. The minimum Gasteiger partial charge on any atom is -0.478 e. The Morgan fingerprint density at radius 1 is 1.16 bits per heavy atom. The molecule has 0 spiro atoms. The Kier molecular flexibility index (Phi) is 4.39. The molecule has 1 aliphatic heterocycles. The highest BCUT2D eigenvalue weighted by molar-refractivity contribution is 6.42. The van der Waals surface area contributed by atoms with E-state index in [2.05, 4.69) is 0 Å². The van der Waals surface area contributed by atoms with Crippen molar-refractivity contribution in [2.45, 2.75) is 26.0 Å². The van der Waals surface area contributed by atoms with Crippen LogP contribution in [0.3, 0.4) is 0 Å². The molecule has 0 saturated heterocycles. The highest BCUT2D eigenvalue weighted by Crippen LogP contribution is 2.39. The van der Waals surface area contributed by atoms with E-state index in [9.17, 15) is 9.59 Å². The van der Waals surface area contributed by atoms with Crippen LogP contribution in [0.2, 0.25) is 10.0 Å². The maximum atomic E-state index is 12.8. The molecule has 5 nitrogen and oxygen atoms in total. The average molecular weight is 380 g/mol. The van der Waals surface area contributed by atoms with Crippen LogP contribution < -0.4 is 9.64 Å². The minimum atomic E-state index is -1.11. The van der Waals surface area contributed by atoms with Gasteiger partial charge in [0.05, 0.1) is 27.8 Å². The molecule has 1 amide bonds. The number of carboxylic acids is 1. The van der Waals surface area contributed by atoms with Crippen LogP contribution in [0, 0.1) is 0 Å². The van der Waals surface area contributed by atoms with E-state index >= 15 is 0 Å². The highest BCUT2D eigenvalue weighted by atomic mass is 35.5. The van der Waals surface area contributed by atoms with Gasteiger partial charge >= 0.3 is 5.97 Å². The van der Waals surface area contributed by atoms with Gasteiger partial charge in [0.25, 0.3) is 5.91 Å². The third-order valence-electron chi connectivity index (χ3n) is 3.95. The Morgan fingerprint density at radius 2 is 1.88 bits per heavy atom. The predicted octanol–water partition coefficient (Wildman–Crippen LogP) is 4.40.